The maximum atomic E-state index is 14.4. The fourth-order valence-electron chi connectivity index (χ4n) is 5.60. The van der Waals surface area contributed by atoms with Gasteiger partial charge in [0.25, 0.3) is 0 Å². The molecule has 1 saturated carbocycles. The van der Waals surface area contributed by atoms with Crippen LogP contribution < -0.4 is 0 Å². The standard InChI is InChI=1S/C27H31F5O/c1-3-4-17(2)18-5-7-19(8-6-18)20-9-11-21(12-10-20)22-13-14-24-23(15-22)16-33-25(26(24,28)29)27(30,31)32/h9-15,17-19,25H,3-8,16H2,1-2H3. The molecule has 2 aromatic rings. The molecule has 2 aliphatic rings. The Kier molecular flexibility index (Phi) is 6.86. The SMILES string of the molecule is CCCC(C)C1CCC(c2ccc(-c3ccc4c(c3)COC(C(F)(F)F)C4(F)F)cc2)CC1. The fraction of sp³-hybridized carbons (Fsp3) is 0.556. The molecular weight excluding hydrogens is 435 g/mol. The van der Waals surface area contributed by atoms with Crippen LogP contribution in [0.2, 0.25) is 0 Å². The average molecular weight is 467 g/mol. The molecule has 0 aromatic heterocycles. The zero-order valence-corrected chi connectivity index (χ0v) is 19.1. The van der Waals surface area contributed by atoms with E-state index in [-0.39, 0.29) is 5.56 Å². The van der Waals surface area contributed by atoms with Crippen molar-refractivity contribution < 1.29 is 26.7 Å². The van der Waals surface area contributed by atoms with Gasteiger partial charge in [-0.15, -0.1) is 0 Å². The summed E-state index contributed by atoms with van der Waals surface area (Å²) in [6.45, 7) is 4.12. The average Bonchev–Trinajstić information content (AvgIpc) is 2.78. The first-order chi connectivity index (χ1) is 15.6. The second kappa shape index (κ2) is 9.36. The van der Waals surface area contributed by atoms with Crippen molar-refractivity contribution in [2.45, 2.75) is 83.1 Å². The van der Waals surface area contributed by atoms with Crippen LogP contribution in [-0.2, 0) is 17.3 Å². The lowest BCUT2D eigenvalue weighted by Crippen LogP contribution is -2.47. The Morgan fingerprint density at radius 2 is 1.61 bits per heavy atom. The molecule has 1 aliphatic heterocycles. The number of halogens is 5. The minimum atomic E-state index is -5.12. The van der Waals surface area contributed by atoms with Crippen molar-refractivity contribution in [3.05, 3.63) is 59.2 Å². The van der Waals surface area contributed by atoms with Crippen LogP contribution in [-0.4, -0.2) is 12.3 Å². The van der Waals surface area contributed by atoms with Gasteiger partial charge in [0.05, 0.1) is 6.61 Å². The highest BCUT2D eigenvalue weighted by atomic mass is 19.4. The molecule has 2 atom stereocenters. The topological polar surface area (TPSA) is 9.23 Å². The summed E-state index contributed by atoms with van der Waals surface area (Å²) >= 11 is 0. The van der Waals surface area contributed by atoms with Gasteiger partial charge in [-0.1, -0.05) is 63.1 Å². The number of alkyl halides is 5. The predicted octanol–water partition coefficient (Wildman–Crippen LogP) is 8.62. The monoisotopic (exact) mass is 466 g/mol. The molecular formula is C27H31F5O. The largest absolute Gasteiger partial charge is 0.420 e. The fourth-order valence-corrected chi connectivity index (χ4v) is 5.60. The molecule has 1 heterocycles. The van der Waals surface area contributed by atoms with Crippen LogP contribution in [0.1, 0.15) is 75.0 Å². The Bertz CT molecular complexity index is 942. The van der Waals surface area contributed by atoms with Gasteiger partial charge in [0, 0.05) is 5.56 Å². The highest BCUT2D eigenvalue weighted by molar-refractivity contribution is 5.65. The van der Waals surface area contributed by atoms with Crippen molar-refractivity contribution in [1.29, 1.82) is 0 Å². The molecule has 0 amide bonds. The van der Waals surface area contributed by atoms with E-state index in [1.54, 1.807) is 0 Å². The highest BCUT2D eigenvalue weighted by Gasteiger charge is 2.60. The van der Waals surface area contributed by atoms with Crippen LogP contribution >= 0.6 is 0 Å². The maximum Gasteiger partial charge on any atom is 0.420 e. The third-order valence-electron chi connectivity index (χ3n) is 7.53. The van der Waals surface area contributed by atoms with E-state index in [0.717, 1.165) is 23.5 Å². The molecule has 0 spiro atoms. The van der Waals surface area contributed by atoms with Crippen molar-refractivity contribution in [2.75, 3.05) is 0 Å². The summed E-state index contributed by atoms with van der Waals surface area (Å²) in [7, 11) is 0. The first-order valence-electron chi connectivity index (χ1n) is 11.9. The molecule has 1 fully saturated rings. The Morgan fingerprint density at radius 3 is 2.21 bits per heavy atom. The zero-order chi connectivity index (χ0) is 23.8. The third kappa shape index (κ3) is 4.96. The van der Waals surface area contributed by atoms with Crippen molar-refractivity contribution in [3.8, 4) is 11.1 Å². The molecule has 2 aromatic carbocycles. The van der Waals surface area contributed by atoms with Gasteiger partial charge in [-0.2, -0.15) is 22.0 Å². The summed E-state index contributed by atoms with van der Waals surface area (Å²) in [6, 6.07) is 12.2. The summed E-state index contributed by atoms with van der Waals surface area (Å²) in [5, 5.41) is 0. The molecule has 0 radical (unpaired) electrons. The number of hydrogen-bond acceptors (Lipinski definition) is 1. The van der Waals surface area contributed by atoms with Gasteiger partial charge in [-0.3, -0.25) is 0 Å². The van der Waals surface area contributed by atoms with Gasteiger partial charge in [0.2, 0.25) is 6.10 Å². The Balaban J connectivity index is 1.46. The van der Waals surface area contributed by atoms with Crippen molar-refractivity contribution >= 4 is 0 Å². The van der Waals surface area contributed by atoms with Crippen LogP contribution in [0.25, 0.3) is 11.1 Å². The minimum Gasteiger partial charge on any atom is -0.358 e. The van der Waals surface area contributed by atoms with Gasteiger partial charge in [0.1, 0.15) is 0 Å². The molecule has 4 rings (SSSR count). The number of rotatable bonds is 5. The summed E-state index contributed by atoms with van der Waals surface area (Å²) in [5.74, 6) is -1.97. The van der Waals surface area contributed by atoms with Crippen molar-refractivity contribution in [3.63, 3.8) is 0 Å². The molecule has 6 heteroatoms. The van der Waals surface area contributed by atoms with E-state index in [0.29, 0.717) is 11.5 Å². The second-order valence-electron chi connectivity index (χ2n) is 9.73. The molecule has 0 bridgehead atoms. The minimum absolute atomic E-state index is 0.0987. The van der Waals surface area contributed by atoms with Gasteiger partial charge in [-0.25, -0.2) is 0 Å². The van der Waals surface area contributed by atoms with Gasteiger partial charge >= 0.3 is 12.1 Å². The quantitative estimate of drug-likeness (QED) is 0.401. The van der Waals surface area contributed by atoms with E-state index in [4.69, 9.17) is 0 Å². The number of benzene rings is 2. The van der Waals surface area contributed by atoms with Crippen LogP contribution in [0.3, 0.4) is 0 Å². The smallest absolute Gasteiger partial charge is 0.358 e. The van der Waals surface area contributed by atoms with E-state index in [1.807, 2.05) is 12.1 Å². The predicted molar refractivity (Wildman–Crippen MR) is 119 cm³/mol. The summed E-state index contributed by atoms with van der Waals surface area (Å²) in [5.41, 5.74) is 2.34. The third-order valence-corrected chi connectivity index (χ3v) is 7.53. The molecule has 1 aliphatic carbocycles. The molecule has 33 heavy (non-hydrogen) atoms. The van der Waals surface area contributed by atoms with Crippen molar-refractivity contribution in [1.82, 2.24) is 0 Å². The number of hydrogen-bond donors (Lipinski definition) is 0. The highest BCUT2D eigenvalue weighted by Crippen LogP contribution is 2.47. The normalized spacial score (nSPS) is 26.0. The van der Waals surface area contributed by atoms with E-state index in [9.17, 15) is 22.0 Å². The lowest BCUT2D eigenvalue weighted by Gasteiger charge is -2.34. The van der Waals surface area contributed by atoms with Crippen LogP contribution in [0.5, 0.6) is 0 Å². The summed E-state index contributed by atoms with van der Waals surface area (Å²) in [6.07, 6.45) is -0.827. The molecule has 2 unspecified atom stereocenters. The Hall–Kier alpha value is -1.95. The number of fused-ring (bicyclic) bond motifs is 1. The lowest BCUT2D eigenvalue weighted by molar-refractivity contribution is -0.299. The zero-order valence-electron chi connectivity index (χ0n) is 19.1. The van der Waals surface area contributed by atoms with E-state index >= 15 is 0 Å². The van der Waals surface area contributed by atoms with E-state index < -0.39 is 30.4 Å². The molecule has 0 saturated heterocycles. The maximum absolute atomic E-state index is 14.4. The van der Waals surface area contributed by atoms with Crippen LogP contribution in [0.4, 0.5) is 22.0 Å². The first kappa shape index (κ1) is 24.2. The van der Waals surface area contributed by atoms with Gasteiger partial charge in [0.15, 0.2) is 0 Å². The Labute approximate surface area is 192 Å². The lowest BCUT2D eigenvalue weighted by atomic mass is 9.73. The van der Waals surface area contributed by atoms with Gasteiger partial charge < -0.3 is 4.74 Å². The molecule has 0 N–H and O–H groups in total. The van der Waals surface area contributed by atoms with E-state index in [1.165, 1.54) is 56.2 Å². The van der Waals surface area contributed by atoms with E-state index in [2.05, 4.69) is 30.7 Å². The number of ether oxygens (including phenoxy) is 1. The summed E-state index contributed by atoms with van der Waals surface area (Å²) in [4.78, 5) is 0. The molecule has 1 nitrogen and oxygen atoms in total. The van der Waals surface area contributed by atoms with Gasteiger partial charge in [-0.05, 0) is 71.8 Å². The van der Waals surface area contributed by atoms with Crippen LogP contribution in [0.15, 0.2) is 42.5 Å². The Morgan fingerprint density at radius 1 is 0.970 bits per heavy atom. The first-order valence-corrected chi connectivity index (χ1v) is 11.9. The van der Waals surface area contributed by atoms with Crippen molar-refractivity contribution in [2.24, 2.45) is 11.8 Å². The second-order valence-corrected chi connectivity index (χ2v) is 9.73. The molecule has 180 valence electrons. The van der Waals surface area contributed by atoms with Crippen LogP contribution in [0, 0.1) is 11.8 Å². The summed E-state index contributed by atoms with van der Waals surface area (Å²) < 4.78 is 72.3.